The average Bonchev–Trinajstić information content (AvgIpc) is 3.19. The monoisotopic (exact) mass is 559 g/mol. The summed E-state index contributed by atoms with van der Waals surface area (Å²) in [6.07, 6.45) is 0. The lowest BCUT2D eigenvalue weighted by Crippen LogP contribution is -3.10. The summed E-state index contributed by atoms with van der Waals surface area (Å²) in [6, 6.07) is 24.2. The molecule has 2 N–H and O–H groups in total. The molecule has 3 aromatic carbocycles. The van der Waals surface area contributed by atoms with Gasteiger partial charge in [0, 0.05) is 23.8 Å². The van der Waals surface area contributed by atoms with Gasteiger partial charge < -0.3 is 17.3 Å². The maximum atomic E-state index is 10.9. The van der Waals surface area contributed by atoms with Crippen LogP contribution in [0.1, 0.15) is 5.56 Å². The molecule has 0 radical (unpaired) electrons. The molecule has 0 bridgehead atoms. The summed E-state index contributed by atoms with van der Waals surface area (Å²) >= 11 is 2.28. The van der Waals surface area contributed by atoms with Crippen molar-refractivity contribution in [2.75, 3.05) is 5.12 Å². The molecule has 1 aliphatic rings. The Labute approximate surface area is 193 Å². The van der Waals surface area contributed by atoms with Crippen LogP contribution in [0.25, 0.3) is 0 Å². The van der Waals surface area contributed by atoms with E-state index in [1.807, 2.05) is 59.7 Å². The molecule has 166 valence electrons. The van der Waals surface area contributed by atoms with Crippen LogP contribution in [0.4, 0.5) is 34.3 Å². The first-order valence-electron chi connectivity index (χ1n) is 9.08. The van der Waals surface area contributed by atoms with Crippen LogP contribution in [0.15, 0.2) is 84.0 Å². The van der Waals surface area contributed by atoms with E-state index >= 15 is 0 Å². The largest absolute Gasteiger partial charge is 0.673 e. The minimum atomic E-state index is -6.00. The number of hydrogen-bond donors (Lipinski definition) is 2. The fourth-order valence-corrected chi connectivity index (χ4v) is 3.43. The molecule has 32 heavy (non-hydrogen) atoms. The fraction of sp³-hybridized carbons (Fsp3) is 0. The van der Waals surface area contributed by atoms with Gasteiger partial charge in [-0.25, -0.2) is 5.43 Å². The van der Waals surface area contributed by atoms with Crippen molar-refractivity contribution in [3.8, 4) is 0 Å². The van der Waals surface area contributed by atoms with Crippen molar-refractivity contribution in [3.05, 3.63) is 98.1 Å². The molecule has 0 spiro atoms. The van der Waals surface area contributed by atoms with E-state index in [1.165, 1.54) is 12.1 Å². The lowest BCUT2D eigenvalue weighted by atomic mass is 10.2. The summed E-state index contributed by atoms with van der Waals surface area (Å²) < 4.78 is 40.1. The highest BCUT2D eigenvalue weighted by Gasteiger charge is 2.33. The highest BCUT2D eigenvalue weighted by molar-refractivity contribution is 14.1. The van der Waals surface area contributed by atoms with E-state index < -0.39 is 12.2 Å². The van der Waals surface area contributed by atoms with Crippen LogP contribution in [-0.2, 0) is 0 Å². The molecule has 0 saturated heterocycles. The van der Waals surface area contributed by atoms with Crippen molar-refractivity contribution in [1.82, 2.24) is 5.43 Å². The Bertz CT molecular complexity index is 1110. The second kappa shape index (κ2) is 9.95. The zero-order chi connectivity index (χ0) is 23.3. The molecule has 7 nitrogen and oxygen atoms in total. The second-order valence-electron chi connectivity index (χ2n) is 6.35. The lowest BCUT2D eigenvalue weighted by molar-refractivity contribution is -0.847. The Kier molecular flexibility index (Phi) is 7.30. The molecule has 0 amide bonds. The normalized spacial score (nSPS) is 15.3. The number of nitro groups is 1. The average molecular weight is 559 g/mol. The molecule has 1 heterocycles. The number of nitrogens with zero attached hydrogens (tertiary/aromatic N) is 3. The minimum absolute atomic E-state index is 0.0537. The summed E-state index contributed by atoms with van der Waals surface area (Å²) in [6.45, 7) is 0. The molecule has 0 aromatic heterocycles. The zero-order valence-electron chi connectivity index (χ0n) is 16.1. The number of non-ortho nitro benzene ring substituents is 1. The molecule has 1 aliphatic heterocycles. The van der Waals surface area contributed by atoms with Gasteiger partial charge in [-0.15, -0.1) is 0 Å². The number of hydrogen-bond acceptors (Lipinski definition) is 5. The SMILES string of the molecule is F[B-](F)(F)F.O=[N+]([O-])c1ccc(N2NC(c3ccccc3)=N[NH+]2c2ccccc2I)cc1. The zero-order valence-corrected chi connectivity index (χ0v) is 18.3. The summed E-state index contributed by atoms with van der Waals surface area (Å²) in [7, 11) is -6.00. The maximum absolute atomic E-state index is 10.9. The van der Waals surface area contributed by atoms with Crippen LogP contribution in [0.2, 0.25) is 0 Å². The number of anilines is 1. The molecule has 0 aliphatic carbocycles. The van der Waals surface area contributed by atoms with E-state index in [0.29, 0.717) is 0 Å². The van der Waals surface area contributed by atoms with Crippen molar-refractivity contribution < 1.29 is 27.3 Å². The van der Waals surface area contributed by atoms with E-state index in [0.717, 1.165) is 31.5 Å². The molecule has 4 rings (SSSR count). The molecule has 0 saturated carbocycles. The van der Waals surface area contributed by atoms with Crippen LogP contribution in [0.5, 0.6) is 0 Å². The summed E-state index contributed by atoms with van der Waals surface area (Å²) in [5.41, 5.74) is 6.09. The highest BCUT2D eigenvalue weighted by Crippen LogP contribution is 2.20. The van der Waals surface area contributed by atoms with E-state index in [9.17, 15) is 27.4 Å². The Morgan fingerprint density at radius 1 is 0.938 bits per heavy atom. The van der Waals surface area contributed by atoms with Gasteiger partial charge in [0.25, 0.3) is 5.69 Å². The van der Waals surface area contributed by atoms with Crippen LogP contribution in [-0.4, -0.2) is 18.0 Å². The van der Waals surface area contributed by atoms with Crippen molar-refractivity contribution in [2.24, 2.45) is 5.10 Å². The Morgan fingerprint density at radius 3 is 2.06 bits per heavy atom. The maximum Gasteiger partial charge on any atom is 0.673 e. The van der Waals surface area contributed by atoms with Gasteiger partial charge in [-0.3, -0.25) is 10.1 Å². The van der Waals surface area contributed by atoms with E-state index in [2.05, 4.69) is 28.0 Å². The van der Waals surface area contributed by atoms with Gasteiger partial charge in [-0.05, 0) is 45.9 Å². The number of nitrogens with one attached hydrogen (secondary N) is 2. The van der Waals surface area contributed by atoms with E-state index in [1.54, 1.807) is 12.1 Å². The standard InChI is InChI=1S/C19H14IN5O2.BF4/c20-17-8-4-5-9-18(17)24-22-19(14-6-2-1-3-7-14)21-23(24)15-10-12-16(13-11-15)25(26)27;2-1(3,4)5/h1-13H,(H,21,22);/q;-1/p+1. The molecule has 1 unspecified atom stereocenters. The second-order valence-corrected chi connectivity index (χ2v) is 7.51. The molecular formula is C19H15BF4IN5O2. The third-order valence-electron chi connectivity index (χ3n) is 4.13. The quantitative estimate of drug-likeness (QED) is 0.164. The summed E-state index contributed by atoms with van der Waals surface area (Å²) in [5, 5.41) is 18.4. The van der Waals surface area contributed by atoms with E-state index in [-0.39, 0.29) is 5.69 Å². The van der Waals surface area contributed by atoms with Crippen LogP contribution < -0.4 is 15.7 Å². The minimum Gasteiger partial charge on any atom is -0.418 e. The van der Waals surface area contributed by atoms with Gasteiger partial charge in [-0.1, -0.05) is 52.7 Å². The predicted molar refractivity (Wildman–Crippen MR) is 122 cm³/mol. The number of benzene rings is 3. The first-order valence-corrected chi connectivity index (χ1v) is 10.2. The van der Waals surface area contributed by atoms with Crippen molar-refractivity contribution in [1.29, 1.82) is 0 Å². The highest BCUT2D eigenvalue weighted by atomic mass is 127. The molecule has 3 aromatic rings. The number of rotatable bonds is 4. The number of amidine groups is 1. The summed E-state index contributed by atoms with van der Waals surface area (Å²) in [5.74, 6) is 0.726. The number of halogens is 5. The smallest absolute Gasteiger partial charge is 0.418 e. The number of quaternary nitrogens is 1. The van der Waals surface area contributed by atoms with Crippen LogP contribution in [0.3, 0.4) is 0 Å². The van der Waals surface area contributed by atoms with Gasteiger partial charge in [-0.2, -0.15) is 0 Å². The Balaban J connectivity index is 0.000000523. The number of hydrazine groups is 1. The van der Waals surface area contributed by atoms with Crippen molar-refractivity contribution >= 4 is 52.7 Å². The third kappa shape index (κ3) is 6.17. The molecule has 0 fully saturated rings. The van der Waals surface area contributed by atoms with Crippen LogP contribution in [0, 0.1) is 13.7 Å². The van der Waals surface area contributed by atoms with Crippen molar-refractivity contribution in [3.63, 3.8) is 0 Å². The van der Waals surface area contributed by atoms with Gasteiger partial charge in [0.05, 0.1) is 8.49 Å². The fourth-order valence-electron chi connectivity index (χ4n) is 2.80. The Morgan fingerprint density at radius 2 is 1.50 bits per heavy atom. The first kappa shape index (κ1) is 23.5. The van der Waals surface area contributed by atoms with Gasteiger partial charge in [0.15, 0.2) is 5.69 Å². The lowest BCUT2D eigenvalue weighted by Gasteiger charge is -2.22. The van der Waals surface area contributed by atoms with Gasteiger partial charge in [0.2, 0.25) is 5.84 Å². The van der Waals surface area contributed by atoms with Gasteiger partial charge >= 0.3 is 7.25 Å². The first-order chi connectivity index (χ1) is 15.1. The number of nitro benzene ring substituents is 1. The van der Waals surface area contributed by atoms with Crippen molar-refractivity contribution in [2.45, 2.75) is 0 Å². The summed E-state index contributed by atoms with van der Waals surface area (Å²) in [4.78, 5) is 10.5. The van der Waals surface area contributed by atoms with Gasteiger partial charge in [0.1, 0.15) is 5.69 Å². The Hall–Kier alpha value is -3.20. The molecular weight excluding hydrogens is 544 g/mol. The third-order valence-corrected chi connectivity index (χ3v) is 5.07. The molecule has 1 atom stereocenters. The predicted octanol–water partition coefficient (Wildman–Crippen LogP) is 4.32. The van der Waals surface area contributed by atoms with E-state index in [4.69, 9.17) is 5.10 Å². The molecule has 13 heteroatoms. The topological polar surface area (TPSA) is 75.2 Å². The van der Waals surface area contributed by atoms with Crippen LogP contribution >= 0.6 is 22.6 Å².